The molecule has 0 bridgehead atoms. The Hall–Kier alpha value is -0.920. The van der Waals surface area contributed by atoms with E-state index in [4.69, 9.17) is 10.7 Å². The number of aromatic nitrogens is 3. The van der Waals surface area contributed by atoms with Gasteiger partial charge in [-0.1, -0.05) is 13.8 Å². The monoisotopic (exact) mass is 353 g/mol. The van der Waals surface area contributed by atoms with E-state index in [9.17, 15) is 0 Å². The average molecular weight is 354 g/mol. The van der Waals surface area contributed by atoms with Crippen molar-refractivity contribution >= 4 is 38.5 Å². The Bertz CT molecular complexity index is 684. The molecule has 128 valence electrons. The third-order valence-electron chi connectivity index (χ3n) is 5.07. The average Bonchev–Trinajstić information content (AvgIpc) is 2.84. The van der Waals surface area contributed by atoms with E-state index in [-0.39, 0.29) is 27.0 Å². The zero-order valence-electron chi connectivity index (χ0n) is 13.7. The van der Waals surface area contributed by atoms with Crippen LogP contribution in [0.4, 0.5) is 5.82 Å². The van der Waals surface area contributed by atoms with E-state index in [1.54, 1.807) is 0 Å². The van der Waals surface area contributed by atoms with Crippen molar-refractivity contribution in [3.63, 3.8) is 0 Å². The van der Waals surface area contributed by atoms with Crippen molar-refractivity contribution in [3.8, 4) is 0 Å². The molecule has 3 atom stereocenters. The summed E-state index contributed by atoms with van der Waals surface area (Å²) in [5.41, 5.74) is 8.53. The molecule has 5 nitrogen and oxygen atoms in total. The molecule has 0 aliphatic heterocycles. The van der Waals surface area contributed by atoms with Crippen LogP contribution in [-0.4, -0.2) is 26.7 Å². The van der Waals surface area contributed by atoms with Crippen molar-refractivity contribution in [1.29, 1.82) is 0 Å². The summed E-state index contributed by atoms with van der Waals surface area (Å²) < 4.78 is 1.91. The quantitative estimate of drug-likeness (QED) is 0.890. The molecule has 2 aromatic heterocycles. The van der Waals surface area contributed by atoms with E-state index >= 15 is 0 Å². The summed E-state index contributed by atoms with van der Waals surface area (Å²) in [6, 6.07) is 4.95. The molecule has 2 fully saturated rings. The van der Waals surface area contributed by atoms with Crippen LogP contribution in [-0.2, 0) is 0 Å². The highest BCUT2D eigenvalue weighted by atomic mass is 32.1. The SMILES string of the molecule is CC1(C)CC1c1cc(N[C@H]2CC[C@H](N)C2)n2nccc2n1.S.S. The first-order chi connectivity index (χ1) is 10.0. The van der Waals surface area contributed by atoms with Crippen molar-refractivity contribution in [3.05, 3.63) is 24.0 Å². The number of fused-ring (bicyclic) bond motifs is 1. The molecule has 2 aliphatic rings. The van der Waals surface area contributed by atoms with Gasteiger partial charge in [-0.3, -0.25) is 0 Å². The van der Waals surface area contributed by atoms with E-state index < -0.39 is 0 Å². The lowest BCUT2D eigenvalue weighted by Gasteiger charge is -2.16. The Morgan fingerprint density at radius 1 is 1.30 bits per heavy atom. The van der Waals surface area contributed by atoms with Crippen LogP contribution in [0.25, 0.3) is 5.65 Å². The van der Waals surface area contributed by atoms with Gasteiger partial charge in [0, 0.05) is 30.1 Å². The highest BCUT2D eigenvalue weighted by Gasteiger charge is 2.47. The van der Waals surface area contributed by atoms with Crippen molar-refractivity contribution < 1.29 is 0 Å². The number of nitrogens with zero attached hydrogens (tertiary/aromatic N) is 3. The maximum absolute atomic E-state index is 6.02. The number of hydrogen-bond donors (Lipinski definition) is 2. The maximum Gasteiger partial charge on any atom is 0.157 e. The number of nitrogens with one attached hydrogen (secondary N) is 1. The van der Waals surface area contributed by atoms with Crippen LogP contribution in [0.1, 0.15) is 51.1 Å². The minimum atomic E-state index is 0. The maximum atomic E-state index is 6.02. The Morgan fingerprint density at radius 2 is 2.04 bits per heavy atom. The first kappa shape index (κ1) is 18.4. The summed E-state index contributed by atoms with van der Waals surface area (Å²) in [6.07, 6.45) is 6.31. The lowest BCUT2D eigenvalue weighted by atomic mass is 10.1. The van der Waals surface area contributed by atoms with Gasteiger partial charge in [0.25, 0.3) is 0 Å². The molecule has 0 aromatic carbocycles. The summed E-state index contributed by atoms with van der Waals surface area (Å²) in [6.45, 7) is 4.62. The standard InChI is InChI=1S/C16H23N5.2H2S/c1-16(2)9-12(16)13-8-15(19-11-4-3-10(17)7-11)21-14(20-13)5-6-18-21;;/h5-6,8,10-12,19H,3-4,7,9,17H2,1-2H3;2*1H2/t10-,11-,12?;;/m0../s1. The third kappa shape index (κ3) is 3.46. The van der Waals surface area contributed by atoms with Crippen LogP contribution >= 0.6 is 27.0 Å². The van der Waals surface area contributed by atoms with Gasteiger partial charge in [0.15, 0.2) is 5.65 Å². The minimum Gasteiger partial charge on any atom is -0.367 e. The van der Waals surface area contributed by atoms with Crippen molar-refractivity contribution in [1.82, 2.24) is 14.6 Å². The molecule has 0 saturated heterocycles. The molecule has 4 rings (SSSR count). The van der Waals surface area contributed by atoms with Gasteiger partial charge >= 0.3 is 0 Å². The van der Waals surface area contributed by atoms with Crippen LogP contribution in [0.2, 0.25) is 0 Å². The Labute approximate surface area is 151 Å². The summed E-state index contributed by atoms with van der Waals surface area (Å²) in [5.74, 6) is 1.63. The lowest BCUT2D eigenvalue weighted by Crippen LogP contribution is -2.22. The molecule has 0 amide bonds. The summed E-state index contributed by atoms with van der Waals surface area (Å²) >= 11 is 0. The second-order valence-corrected chi connectivity index (χ2v) is 7.33. The highest BCUT2D eigenvalue weighted by molar-refractivity contribution is 7.59. The molecule has 2 heterocycles. The van der Waals surface area contributed by atoms with E-state index in [0.29, 0.717) is 23.4 Å². The predicted octanol–water partition coefficient (Wildman–Crippen LogP) is 2.76. The van der Waals surface area contributed by atoms with E-state index in [0.717, 1.165) is 30.7 Å². The van der Waals surface area contributed by atoms with Crippen molar-refractivity contribution in [2.24, 2.45) is 11.1 Å². The molecule has 2 aliphatic carbocycles. The smallest absolute Gasteiger partial charge is 0.157 e. The van der Waals surface area contributed by atoms with Gasteiger partial charge in [0.2, 0.25) is 0 Å². The molecule has 23 heavy (non-hydrogen) atoms. The molecular weight excluding hydrogens is 326 g/mol. The fourth-order valence-electron chi connectivity index (χ4n) is 3.54. The van der Waals surface area contributed by atoms with Gasteiger partial charge in [-0.25, -0.2) is 4.98 Å². The van der Waals surface area contributed by atoms with Gasteiger partial charge < -0.3 is 11.1 Å². The Balaban J connectivity index is 0.000000960. The van der Waals surface area contributed by atoms with Crippen LogP contribution in [0.15, 0.2) is 18.3 Å². The largest absolute Gasteiger partial charge is 0.367 e. The van der Waals surface area contributed by atoms with E-state index in [1.807, 2.05) is 16.8 Å². The van der Waals surface area contributed by atoms with Crippen LogP contribution in [0.3, 0.4) is 0 Å². The first-order valence-electron chi connectivity index (χ1n) is 7.90. The van der Waals surface area contributed by atoms with Crippen LogP contribution in [0.5, 0.6) is 0 Å². The van der Waals surface area contributed by atoms with Gasteiger partial charge in [0.05, 0.1) is 11.9 Å². The second-order valence-electron chi connectivity index (χ2n) is 7.33. The minimum absolute atomic E-state index is 0. The Kier molecular flexibility index (Phi) is 5.23. The van der Waals surface area contributed by atoms with Crippen molar-refractivity contribution in [2.45, 2.75) is 57.5 Å². The van der Waals surface area contributed by atoms with Gasteiger partial charge in [-0.15, -0.1) is 0 Å². The van der Waals surface area contributed by atoms with E-state index in [1.165, 1.54) is 12.1 Å². The van der Waals surface area contributed by atoms with Gasteiger partial charge in [0.1, 0.15) is 5.82 Å². The predicted molar refractivity (Wildman–Crippen MR) is 104 cm³/mol. The lowest BCUT2D eigenvalue weighted by molar-refractivity contribution is 0.615. The molecule has 0 spiro atoms. The summed E-state index contributed by atoms with van der Waals surface area (Å²) in [4.78, 5) is 4.78. The summed E-state index contributed by atoms with van der Waals surface area (Å²) in [7, 11) is 0. The van der Waals surface area contributed by atoms with Crippen molar-refractivity contribution in [2.75, 3.05) is 5.32 Å². The zero-order valence-corrected chi connectivity index (χ0v) is 15.7. The number of hydrogen-bond acceptors (Lipinski definition) is 4. The molecule has 0 radical (unpaired) electrons. The molecule has 7 heteroatoms. The fraction of sp³-hybridized carbons (Fsp3) is 0.625. The molecule has 2 saturated carbocycles. The molecule has 3 N–H and O–H groups in total. The summed E-state index contributed by atoms with van der Waals surface area (Å²) in [5, 5.41) is 8.03. The third-order valence-corrected chi connectivity index (χ3v) is 5.07. The number of rotatable bonds is 3. The zero-order chi connectivity index (χ0) is 14.6. The normalized spacial score (nSPS) is 28.0. The number of nitrogens with two attached hydrogens (primary N) is 1. The van der Waals surface area contributed by atoms with Crippen LogP contribution in [0, 0.1) is 5.41 Å². The first-order valence-corrected chi connectivity index (χ1v) is 7.90. The highest BCUT2D eigenvalue weighted by Crippen LogP contribution is 2.58. The molecule has 1 unspecified atom stereocenters. The number of anilines is 1. The fourth-order valence-corrected chi connectivity index (χ4v) is 3.54. The van der Waals surface area contributed by atoms with Gasteiger partial charge in [-0.05, 0) is 31.1 Å². The van der Waals surface area contributed by atoms with E-state index in [2.05, 4.69) is 30.3 Å². The van der Waals surface area contributed by atoms with Gasteiger partial charge in [-0.2, -0.15) is 36.6 Å². The second kappa shape index (κ2) is 6.53. The van der Waals surface area contributed by atoms with Crippen LogP contribution < -0.4 is 11.1 Å². The molecular formula is C16H27N5S2. The topological polar surface area (TPSA) is 68.2 Å². The molecule has 2 aromatic rings. The Morgan fingerprint density at radius 3 is 2.65 bits per heavy atom.